The van der Waals surface area contributed by atoms with Crippen LogP contribution in [0.25, 0.3) is 11.0 Å². The van der Waals surface area contributed by atoms with Gasteiger partial charge in [0.2, 0.25) is 0 Å². The summed E-state index contributed by atoms with van der Waals surface area (Å²) in [5.74, 6) is 3.27. The maximum atomic E-state index is 13.1. The number of rotatable bonds is 8. The minimum absolute atomic E-state index is 0.135. The van der Waals surface area contributed by atoms with Crippen molar-refractivity contribution in [3.05, 3.63) is 76.1 Å². The lowest BCUT2D eigenvalue weighted by atomic mass is 10.1. The predicted octanol–water partition coefficient (Wildman–Crippen LogP) is 4.27. The van der Waals surface area contributed by atoms with Gasteiger partial charge in [-0.15, -0.1) is 22.5 Å². The van der Waals surface area contributed by atoms with E-state index in [1.807, 2.05) is 48.5 Å². The molecule has 0 unspecified atom stereocenters. The Morgan fingerprint density at radius 3 is 2.64 bits per heavy atom. The summed E-state index contributed by atoms with van der Waals surface area (Å²) in [6, 6.07) is 16.3. The zero-order valence-corrected chi connectivity index (χ0v) is 20.2. The molecule has 2 aromatic carbocycles. The fourth-order valence-electron chi connectivity index (χ4n) is 3.89. The number of amidine groups is 2. The van der Waals surface area contributed by atoms with E-state index in [2.05, 4.69) is 40.3 Å². The average Bonchev–Trinajstić information content (AvgIpc) is 2.91. The van der Waals surface area contributed by atoms with Crippen LogP contribution in [0.4, 0.5) is 10.5 Å². The molecule has 1 aliphatic heterocycles. The highest BCUT2D eigenvalue weighted by Gasteiger charge is 2.26. The standard InChI is InChI=1S/C27H27N5O4/c1-4-7-13-24-28-29-26(19-11-9-8-10-12-19)30-32(24)27(34)35-18-20-16-25(33)36-23-17-21(14-15-22(20)23)31(5-2)6-3/h1,8-12,14-17H,5-7,13,18H2,2-3H3,(H,29,30). The van der Waals surface area contributed by atoms with E-state index in [0.29, 0.717) is 41.0 Å². The van der Waals surface area contributed by atoms with E-state index < -0.39 is 11.7 Å². The molecule has 0 radical (unpaired) electrons. The van der Waals surface area contributed by atoms with Crippen LogP contribution in [0.1, 0.15) is 37.8 Å². The van der Waals surface area contributed by atoms with Gasteiger partial charge in [-0.1, -0.05) is 30.3 Å². The van der Waals surface area contributed by atoms with E-state index in [9.17, 15) is 9.59 Å². The molecule has 0 spiro atoms. The van der Waals surface area contributed by atoms with Gasteiger partial charge in [0.15, 0.2) is 11.7 Å². The molecule has 0 aliphatic carbocycles. The van der Waals surface area contributed by atoms with Gasteiger partial charge < -0.3 is 14.1 Å². The maximum Gasteiger partial charge on any atom is 0.435 e. The summed E-state index contributed by atoms with van der Waals surface area (Å²) < 4.78 is 11.0. The summed E-state index contributed by atoms with van der Waals surface area (Å²) in [7, 11) is 0. The van der Waals surface area contributed by atoms with Crippen LogP contribution in [-0.4, -0.2) is 35.9 Å². The molecule has 4 rings (SSSR count). The van der Waals surface area contributed by atoms with Crippen LogP contribution in [0, 0.1) is 12.3 Å². The average molecular weight is 486 g/mol. The Hall–Kier alpha value is -4.58. The Labute approximate surface area is 209 Å². The summed E-state index contributed by atoms with van der Waals surface area (Å²) in [6.45, 7) is 5.63. The molecular weight excluding hydrogens is 458 g/mol. The van der Waals surface area contributed by atoms with Crippen molar-refractivity contribution in [1.29, 1.82) is 0 Å². The third kappa shape index (κ3) is 5.39. The van der Waals surface area contributed by atoms with Crippen molar-refractivity contribution in [1.82, 2.24) is 10.4 Å². The minimum Gasteiger partial charge on any atom is -0.443 e. The highest BCUT2D eigenvalue weighted by atomic mass is 16.6. The first-order valence-corrected chi connectivity index (χ1v) is 11.7. The van der Waals surface area contributed by atoms with Crippen molar-refractivity contribution in [3.63, 3.8) is 0 Å². The third-order valence-corrected chi connectivity index (χ3v) is 5.76. The van der Waals surface area contributed by atoms with Crippen molar-refractivity contribution < 1.29 is 13.9 Å². The van der Waals surface area contributed by atoms with Crippen LogP contribution in [0.5, 0.6) is 0 Å². The van der Waals surface area contributed by atoms with Gasteiger partial charge in [0.05, 0.1) is 0 Å². The smallest absolute Gasteiger partial charge is 0.435 e. The second-order valence-corrected chi connectivity index (χ2v) is 7.98. The highest BCUT2D eigenvalue weighted by Crippen LogP contribution is 2.24. The highest BCUT2D eigenvalue weighted by molar-refractivity contribution is 6.06. The van der Waals surface area contributed by atoms with Gasteiger partial charge >= 0.3 is 11.7 Å². The molecule has 1 amide bonds. The van der Waals surface area contributed by atoms with Gasteiger partial charge in [-0.2, -0.15) is 5.01 Å². The molecule has 0 fully saturated rings. The Kier molecular flexibility index (Phi) is 7.66. The largest absolute Gasteiger partial charge is 0.443 e. The van der Waals surface area contributed by atoms with Crippen LogP contribution >= 0.6 is 0 Å². The van der Waals surface area contributed by atoms with E-state index in [1.165, 1.54) is 11.1 Å². The SMILES string of the molecule is C#CCCC1=NN=C(c2ccccc2)NN1C(=O)OCc1cc(=O)oc2cc(N(CC)CC)ccc12. The van der Waals surface area contributed by atoms with Crippen LogP contribution in [0.2, 0.25) is 0 Å². The Balaban J connectivity index is 1.56. The Morgan fingerprint density at radius 1 is 1.14 bits per heavy atom. The van der Waals surface area contributed by atoms with E-state index in [-0.39, 0.29) is 6.61 Å². The number of hydrogen-bond acceptors (Lipinski definition) is 8. The fourth-order valence-corrected chi connectivity index (χ4v) is 3.89. The number of hydrazine groups is 1. The van der Waals surface area contributed by atoms with Gasteiger partial charge in [-0.3, -0.25) is 5.43 Å². The number of carbonyl (C=O) groups excluding carboxylic acids is 1. The lowest BCUT2D eigenvalue weighted by Gasteiger charge is -2.27. The van der Waals surface area contributed by atoms with Gasteiger partial charge in [0, 0.05) is 60.3 Å². The summed E-state index contributed by atoms with van der Waals surface area (Å²) in [5.41, 5.74) is 5.13. The molecule has 0 saturated heterocycles. The van der Waals surface area contributed by atoms with Crippen LogP contribution in [-0.2, 0) is 11.3 Å². The molecule has 1 aromatic heterocycles. The number of nitrogens with zero attached hydrogens (tertiary/aromatic N) is 4. The van der Waals surface area contributed by atoms with Crippen LogP contribution in [0.15, 0.2) is 74.0 Å². The number of amides is 1. The van der Waals surface area contributed by atoms with Gasteiger partial charge in [-0.05, 0) is 26.0 Å². The lowest BCUT2D eigenvalue weighted by molar-refractivity contribution is 0.109. The summed E-state index contributed by atoms with van der Waals surface area (Å²) in [6.07, 6.45) is 5.40. The number of benzene rings is 2. The predicted molar refractivity (Wildman–Crippen MR) is 140 cm³/mol. The number of terminal acetylenes is 1. The molecule has 1 aliphatic rings. The number of carbonyl (C=O) groups is 1. The zero-order chi connectivity index (χ0) is 25.5. The summed E-state index contributed by atoms with van der Waals surface area (Å²) in [4.78, 5) is 27.5. The fraction of sp³-hybridized carbons (Fsp3) is 0.259. The molecule has 184 valence electrons. The summed E-state index contributed by atoms with van der Waals surface area (Å²) >= 11 is 0. The second-order valence-electron chi connectivity index (χ2n) is 7.98. The third-order valence-electron chi connectivity index (χ3n) is 5.76. The molecule has 0 saturated carbocycles. The molecule has 2 heterocycles. The van der Waals surface area contributed by atoms with Gasteiger partial charge in [0.25, 0.3) is 0 Å². The van der Waals surface area contributed by atoms with Gasteiger partial charge in [0.1, 0.15) is 12.2 Å². The molecule has 0 bridgehead atoms. The molecule has 9 heteroatoms. The number of nitrogens with one attached hydrogen (secondary N) is 1. The molecule has 3 aromatic rings. The first kappa shape index (κ1) is 24.5. The van der Waals surface area contributed by atoms with E-state index >= 15 is 0 Å². The van der Waals surface area contributed by atoms with Crippen LogP contribution < -0.4 is 16.0 Å². The quantitative estimate of drug-likeness (QED) is 0.378. The van der Waals surface area contributed by atoms with E-state index in [4.69, 9.17) is 15.6 Å². The molecule has 1 N–H and O–H groups in total. The zero-order valence-electron chi connectivity index (χ0n) is 20.2. The Bertz CT molecular complexity index is 1400. The normalized spacial score (nSPS) is 12.9. The number of hydrogen-bond donors (Lipinski definition) is 1. The monoisotopic (exact) mass is 485 g/mol. The molecular formula is C27H27N5O4. The lowest BCUT2D eigenvalue weighted by Crippen LogP contribution is -2.52. The minimum atomic E-state index is -0.699. The van der Waals surface area contributed by atoms with E-state index in [1.54, 1.807) is 0 Å². The van der Waals surface area contributed by atoms with Crippen molar-refractivity contribution >= 4 is 34.4 Å². The number of anilines is 1. The maximum absolute atomic E-state index is 13.1. The second kappa shape index (κ2) is 11.2. The number of ether oxygens (including phenoxy) is 1. The van der Waals surface area contributed by atoms with Crippen molar-refractivity contribution in [2.45, 2.75) is 33.3 Å². The Morgan fingerprint density at radius 2 is 1.92 bits per heavy atom. The molecule has 36 heavy (non-hydrogen) atoms. The van der Waals surface area contributed by atoms with Crippen molar-refractivity contribution in [2.75, 3.05) is 18.0 Å². The topological polar surface area (TPSA) is 99.7 Å². The first-order valence-electron chi connectivity index (χ1n) is 11.7. The molecule has 9 nitrogen and oxygen atoms in total. The molecule has 0 atom stereocenters. The van der Waals surface area contributed by atoms with Crippen LogP contribution in [0.3, 0.4) is 0 Å². The number of fused-ring (bicyclic) bond motifs is 1. The first-order chi connectivity index (χ1) is 17.5. The van der Waals surface area contributed by atoms with Crippen molar-refractivity contribution in [2.24, 2.45) is 10.2 Å². The van der Waals surface area contributed by atoms with Crippen molar-refractivity contribution in [3.8, 4) is 12.3 Å². The summed E-state index contributed by atoms with van der Waals surface area (Å²) in [5, 5.41) is 10.3. The van der Waals surface area contributed by atoms with Gasteiger partial charge in [-0.25, -0.2) is 9.59 Å². The van der Waals surface area contributed by atoms with E-state index in [0.717, 1.165) is 24.3 Å².